The molecule has 1 fully saturated rings. The third-order valence-electron chi connectivity index (χ3n) is 3.22. The average Bonchev–Trinajstić information content (AvgIpc) is 2.28. The molecule has 0 amide bonds. The third kappa shape index (κ3) is 2.49. The highest BCUT2D eigenvalue weighted by Crippen LogP contribution is 2.35. The number of H-pyrrole nitrogens is 1. The van der Waals surface area contributed by atoms with Gasteiger partial charge < -0.3 is 10.1 Å². The van der Waals surface area contributed by atoms with Gasteiger partial charge in [0.1, 0.15) is 0 Å². The number of aromatic nitrogens is 2. The van der Waals surface area contributed by atoms with Gasteiger partial charge in [0.25, 0.3) is 5.56 Å². The van der Waals surface area contributed by atoms with Crippen molar-refractivity contribution in [3.8, 4) is 5.88 Å². The quantitative estimate of drug-likeness (QED) is 0.817. The lowest BCUT2D eigenvalue weighted by atomic mass is 9.85. The first-order valence-electron chi connectivity index (χ1n) is 5.80. The van der Waals surface area contributed by atoms with Gasteiger partial charge in [0.15, 0.2) is 0 Å². The molecule has 0 radical (unpaired) electrons. The van der Waals surface area contributed by atoms with Crippen LogP contribution < -0.4 is 5.56 Å². The third-order valence-corrected chi connectivity index (χ3v) is 3.22. The summed E-state index contributed by atoms with van der Waals surface area (Å²) in [5.41, 5.74) is -0.899. The van der Waals surface area contributed by atoms with E-state index in [1.54, 1.807) is 4.98 Å². The standard InChI is InChI=1S/C11H13F3N2O2/c12-11(13,14)10-15-8(17)7(9(18)16-10)6-4-2-1-3-5-6/h6H,1-5H2,(H2,15,16,17,18). The molecule has 2 rings (SSSR count). The molecule has 18 heavy (non-hydrogen) atoms. The number of nitrogens with one attached hydrogen (secondary N) is 1. The largest absolute Gasteiger partial charge is 0.493 e. The molecule has 1 aliphatic rings. The molecule has 2 N–H and O–H groups in total. The predicted octanol–water partition coefficient (Wildman–Crippen LogP) is 2.54. The number of rotatable bonds is 1. The number of alkyl halides is 3. The molecule has 1 aromatic heterocycles. The lowest BCUT2D eigenvalue weighted by molar-refractivity contribution is -0.145. The fourth-order valence-electron chi connectivity index (χ4n) is 2.36. The Morgan fingerprint density at radius 1 is 1.22 bits per heavy atom. The molecule has 1 aromatic rings. The van der Waals surface area contributed by atoms with Crippen LogP contribution in [0.25, 0.3) is 0 Å². The second kappa shape index (κ2) is 4.62. The van der Waals surface area contributed by atoms with Crippen molar-refractivity contribution in [1.29, 1.82) is 0 Å². The Hall–Kier alpha value is -1.53. The number of hydrogen-bond acceptors (Lipinski definition) is 3. The molecule has 1 heterocycles. The van der Waals surface area contributed by atoms with Gasteiger partial charge in [-0.2, -0.15) is 18.2 Å². The minimum absolute atomic E-state index is 0.0114. The van der Waals surface area contributed by atoms with Crippen molar-refractivity contribution in [3.05, 3.63) is 21.7 Å². The van der Waals surface area contributed by atoms with Crippen molar-refractivity contribution in [2.24, 2.45) is 0 Å². The molecule has 0 bridgehead atoms. The normalized spacial score (nSPS) is 17.9. The van der Waals surface area contributed by atoms with Crippen molar-refractivity contribution >= 4 is 0 Å². The zero-order valence-corrected chi connectivity index (χ0v) is 9.55. The van der Waals surface area contributed by atoms with Crippen molar-refractivity contribution in [1.82, 2.24) is 9.97 Å². The van der Waals surface area contributed by atoms with Crippen molar-refractivity contribution in [3.63, 3.8) is 0 Å². The molecule has 1 aliphatic carbocycles. The fraction of sp³-hybridized carbons (Fsp3) is 0.636. The Balaban J connectivity index is 2.41. The van der Waals surface area contributed by atoms with Gasteiger partial charge in [0, 0.05) is 0 Å². The zero-order valence-electron chi connectivity index (χ0n) is 9.55. The smallest absolute Gasteiger partial charge is 0.449 e. The van der Waals surface area contributed by atoms with Crippen molar-refractivity contribution in [2.45, 2.75) is 44.2 Å². The highest BCUT2D eigenvalue weighted by atomic mass is 19.4. The summed E-state index contributed by atoms with van der Waals surface area (Å²) in [6.45, 7) is 0. The number of hydrogen-bond donors (Lipinski definition) is 2. The van der Waals surface area contributed by atoms with Gasteiger partial charge in [0.05, 0.1) is 5.56 Å². The monoisotopic (exact) mass is 262 g/mol. The molecule has 0 spiro atoms. The van der Waals surface area contributed by atoms with Crippen LogP contribution in [-0.2, 0) is 6.18 Å². The summed E-state index contributed by atoms with van der Waals surface area (Å²) in [4.78, 5) is 16.4. The van der Waals surface area contributed by atoms with Crippen LogP contribution >= 0.6 is 0 Å². The Morgan fingerprint density at radius 2 is 1.83 bits per heavy atom. The van der Waals surface area contributed by atoms with E-state index >= 15 is 0 Å². The first-order chi connectivity index (χ1) is 8.39. The molecule has 100 valence electrons. The van der Waals surface area contributed by atoms with E-state index in [9.17, 15) is 23.1 Å². The van der Waals surface area contributed by atoms with Crippen LogP contribution in [0.2, 0.25) is 0 Å². The summed E-state index contributed by atoms with van der Waals surface area (Å²) in [6.07, 6.45) is -0.506. The Morgan fingerprint density at radius 3 is 2.33 bits per heavy atom. The van der Waals surface area contributed by atoms with E-state index in [4.69, 9.17) is 0 Å². The van der Waals surface area contributed by atoms with Crippen LogP contribution in [0, 0.1) is 0 Å². The number of nitrogens with zero attached hydrogens (tertiary/aromatic N) is 1. The minimum Gasteiger partial charge on any atom is -0.493 e. The lowest BCUT2D eigenvalue weighted by Crippen LogP contribution is -2.24. The van der Waals surface area contributed by atoms with E-state index in [1.807, 2.05) is 0 Å². The molecule has 0 atom stereocenters. The Bertz CT molecular complexity index is 490. The summed E-state index contributed by atoms with van der Waals surface area (Å²) < 4.78 is 37.1. The van der Waals surface area contributed by atoms with E-state index in [0.717, 1.165) is 19.3 Å². The molecule has 4 nitrogen and oxygen atoms in total. The summed E-state index contributed by atoms with van der Waals surface area (Å²) in [7, 11) is 0. The maximum Gasteiger partial charge on any atom is 0.449 e. The van der Waals surface area contributed by atoms with Crippen LogP contribution in [0.1, 0.15) is 49.4 Å². The Kier molecular flexibility index (Phi) is 3.32. The van der Waals surface area contributed by atoms with E-state index in [-0.39, 0.29) is 11.5 Å². The van der Waals surface area contributed by atoms with E-state index in [0.29, 0.717) is 12.8 Å². The summed E-state index contributed by atoms with van der Waals surface area (Å²) in [6, 6.07) is 0. The van der Waals surface area contributed by atoms with Gasteiger partial charge in [-0.15, -0.1) is 0 Å². The van der Waals surface area contributed by atoms with Gasteiger partial charge in [-0.25, -0.2) is 0 Å². The van der Waals surface area contributed by atoms with Gasteiger partial charge in [-0.3, -0.25) is 4.79 Å². The number of halogens is 3. The summed E-state index contributed by atoms with van der Waals surface area (Å²) in [5.74, 6) is -2.44. The first-order valence-corrected chi connectivity index (χ1v) is 5.80. The van der Waals surface area contributed by atoms with Crippen molar-refractivity contribution in [2.75, 3.05) is 0 Å². The maximum atomic E-state index is 12.4. The van der Waals surface area contributed by atoms with Crippen LogP contribution in [0.15, 0.2) is 4.79 Å². The second-order valence-electron chi connectivity index (χ2n) is 4.48. The first kappa shape index (κ1) is 12.9. The van der Waals surface area contributed by atoms with E-state index < -0.39 is 23.4 Å². The molecule has 1 saturated carbocycles. The van der Waals surface area contributed by atoms with Crippen LogP contribution in [0.3, 0.4) is 0 Å². The summed E-state index contributed by atoms with van der Waals surface area (Å²) in [5, 5.41) is 9.56. The average molecular weight is 262 g/mol. The second-order valence-corrected chi connectivity index (χ2v) is 4.48. The SMILES string of the molecule is O=c1[nH]c(C(F)(F)F)nc(O)c1C1CCCCC1. The van der Waals surface area contributed by atoms with Crippen LogP contribution in [0.4, 0.5) is 13.2 Å². The van der Waals surface area contributed by atoms with Crippen LogP contribution in [-0.4, -0.2) is 15.1 Å². The molecule has 7 heteroatoms. The fourth-order valence-corrected chi connectivity index (χ4v) is 2.36. The molecule has 0 aliphatic heterocycles. The molecule has 0 saturated heterocycles. The molecular weight excluding hydrogens is 249 g/mol. The van der Waals surface area contributed by atoms with Crippen LogP contribution in [0.5, 0.6) is 5.88 Å². The topological polar surface area (TPSA) is 66.0 Å². The predicted molar refractivity (Wildman–Crippen MR) is 57.4 cm³/mol. The molecule has 0 aromatic carbocycles. The van der Waals surface area contributed by atoms with Gasteiger partial charge in [-0.1, -0.05) is 19.3 Å². The lowest BCUT2D eigenvalue weighted by Gasteiger charge is -2.21. The zero-order chi connectivity index (χ0) is 13.3. The minimum atomic E-state index is -4.76. The summed E-state index contributed by atoms with van der Waals surface area (Å²) >= 11 is 0. The van der Waals surface area contributed by atoms with E-state index in [1.165, 1.54) is 0 Å². The molecule has 0 unspecified atom stereocenters. The highest BCUT2D eigenvalue weighted by Gasteiger charge is 2.36. The Labute approximate surface area is 101 Å². The highest BCUT2D eigenvalue weighted by molar-refractivity contribution is 5.27. The number of aromatic hydroxyl groups is 1. The van der Waals surface area contributed by atoms with E-state index in [2.05, 4.69) is 4.98 Å². The van der Waals surface area contributed by atoms with Crippen molar-refractivity contribution < 1.29 is 18.3 Å². The maximum absolute atomic E-state index is 12.4. The van der Waals surface area contributed by atoms with Gasteiger partial charge in [0.2, 0.25) is 11.7 Å². The number of aromatic amines is 1. The van der Waals surface area contributed by atoms with Gasteiger partial charge >= 0.3 is 6.18 Å². The molecular formula is C11H13F3N2O2. The van der Waals surface area contributed by atoms with Gasteiger partial charge in [-0.05, 0) is 18.8 Å².